The molecule has 0 aliphatic carbocycles. The first-order chi connectivity index (χ1) is 31.0. The molecule has 0 spiro atoms. The highest BCUT2D eigenvalue weighted by Gasteiger charge is 2.24. The molecule has 63 heavy (non-hydrogen) atoms. The van der Waals surface area contributed by atoms with Gasteiger partial charge >= 0.3 is 5.97 Å². The van der Waals surface area contributed by atoms with Crippen molar-refractivity contribution in [1.82, 2.24) is 5.32 Å². The van der Waals surface area contributed by atoms with Crippen molar-refractivity contribution in [3.8, 4) is 0 Å². The first kappa shape index (κ1) is 60.8. The van der Waals surface area contributed by atoms with Crippen LogP contribution < -0.4 is 5.32 Å². The maximum atomic E-state index is 13.2. The molecule has 0 radical (unpaired) electrons. The molecule has 0 aromatic carbocycles. The molecule has 0 aromatic heterocycles. The number of amides is 1. The van der Waals surface area contributed by atoms with Gasteiger partial charge in [-0.2, -0.15) is 0 Å². The van der Waals surface area contributed by atoms with Crippen molar-refractivity contribution in [3.05, 3.63) is 48.6 Å². The van der Waals surface area contributed by atoms with Crippen LogP contribution in [-0.4, -0.2) is 46.9 Å². The Morgan fingerprint density at radius 3 is 1.22 bits per heavy atom. The molecule has 6 heteroatoms. The topological polar surface area (TPSA) is 95.9 Å². The molecule has 368 valence electrons. The maximum absolute atomic E-state index is 13.2. The van der Waals surface area contributed by atoms with Crippen molar-refractivity contribution in [3.63, 3.8) is 0 Å². The largest absolute Gasteiger partial charge is 0.462 e. The SMILES string of the molecule is CCCCC/C=C\C/C=C\C/C=C\C/C=C\CCCC(=O)OC(CCCCCCCCCCCC)CC(=O)NC(CO)C(O)CCCCCCCCCCCCCCCCCCC. The van der Waals surface area contributed by atoms with Gasteiger partial charge in [-0.05, 0) is 64.2 Å². The first-order valence-corrected chi connectivity index (χ1v) is 27.4. The lowest BCUT2D eigenvalue weighted by Gasteiger charge is -2.24. The lowest BCUT2D eigenvalue weighted by Crippen LogP contribution is -2.46. The number of rotatable bonds is 49. The molecule has 0 rings (SSSR count). The highest BCUT2D eigenvalue weighted by atomic mass is 16.5. The number of allylic oxidation sites excluding steroid dienone is 8. The monoisotopic (exact) mass is 884 g/mol. The third-order valence-electron chi connectivity index (χ3n) is 12.4. The Bertz CT molecular complexity index is 1080. The Hall–Kier alpha value is -2.18. The van der Waals surface area contributed by atoms with Crippen LogP contribution in [0.15, 0.2) is 48.6 Å². The van der Waals surface area contributed by atoms with Crippen LogP contribution in [0.5, 0.6) is 0 Å². The molecule has 0 fully saturated rings. The van der Waals surface area contributed by atoms with Crippen molar-refractivity contribution in [2.24, 2.45) is 0 Å². The zero-order chi connectivity index (χ0) is 45.9. The van der Waals surface area contributed by atoms with Crippen LogP contribution in [-0.2, 0) is 14.3 Å². The van der Waals surface area contributed by atoms with Crippen molar-refractivity contribution >= 4 is 11.9 Å². The van der Waals surface area contributed by atoms with E-state index in [1.165, 1.54) is 161 Å². The lowest BCUT2D eigenvalue weighted by molar-refractivity contribution is -0.151. The Kier molecular flexibility index (Phi) is 49.1. The van der Waals surface area contributed by atoms with Gasteiger partial charge in [0.2, 0.25) is 5.91 Å². The van der Waals surface area contributed by atoms with E-state index in [0.29, 0.717) is 25.7 Å². The van der Waals surface area contributed by atoms with Crippen molar-refractivity contribution in [1.29, 1.82) is 0 Å². The van der Waals surface area contributed by atoms with Gasteiger partial charge in [-0.3, -0.25) is 9.59 Å². The second kappa shape index (κ2) is 50.8. The summed E-state index contributed by atoms with van der Waals surface area (Å²) in [6, 6.07) is -0.710. The molecular formula is C57H105NO5. The molecule has 6 nitrogen and oxygen atoms in total. The number of unbranched alkanes of at least 4 members (excludes halogenated alkanes) is 29. The van der Waals surface area contributed by atoms with E-state index in [0.717, 1.165) is 64.2 Å². The standard InChI is InChI=1S/C57H105NO5/c1-4-7-10-13-16-19-22-24-26-28-30-32-34-37-40-43-46-49-55(60)54(52-59)58-56(61)51-53(48-45-42-39-36-21-18-15-12-9-6-3)63-57(62)50-47-44-41-38-35-33-31-29-27-25-23-20-17-14-11-8-5-2/h17,20,25,27,31,33,38,41,53-55,59-60H,4-16,18-19,21-24,26,28-30,32,34-37,39-40,42-52H2,1-3H3,(H,58,61)/b20-17-,27-25-,33-31-,41-38-. The van der Waals surface area contributed by atoms with Crippen molar-refractivity contribution in [2.75, 3.05) is 6.61 Å². The van der Waals surface area contributed by atoms with Gasteiger partial charge in [0, 0.05) is 6.42 Å². The number of hydrogen-bond donors (Lipinski definition) is 3. The van der Waals surface area contributed by atoms with E-state index in [1.54, 1.807) is 0 Å². The van der Waals surface area contributed by atoms with Gasteiger partial charge in [-0.25, -0.2) is 0 Å². The van der Waals surface area contributed by atoms with Gasteiger partial charge in [0.1, 0.15) is 6.10 Å². The summed E-state index contributed by atoms with van der Waals surface area (Å²) in [6.07, 6.45) is 61.8. The maximum Gasteiger partial charge on any atom is 0.306 e. The van der Waals surface area contributed by atoms with Crippen LogP contribution in [0, 0.1) is 0 Å². The molecule has 1 amide bonds. The number of esters is 1. The minimum absolute atomic E-state index is 0.0582. The third kappa shape index (κ3) is 46.2. The predicted molar refractivity (Wildman–Crippen MR) is 273 cm³/mol. The lowest BCUT2D eigenvalue weighted by atomic mass is 10.0. The summed E-state index contributed by atoms with van der Waals surface area (Å²) in [4.78, 5) is 26.1. The van der Waals surface area contributed by atoms with Crippen molar-refractivity contribution < 1.29 is 24.5 Å². The van der Waals surface area contributed by atoms with Crippen LogP contribution in [0.1, 0.15) is 278 Å². The van der Waals surface area contributed by atoms with E-state index < -0.39 is 18.2 Å². The van der Waals surface area contributed by atoms with Crippen LogP contribution in [0.4, 0.5) is 0 Å². The minimum Gasteiger partial charge on any atom is -0.462 e. The van der Waals surface area contributed by atoms with Gasteiger partial charge in [0.25, 0.3) is 0 Å². The Morgan fingerprint density at radius 1 is 0.460 bits per heavy atom. The fraction of sp³-hybridized carbons (Fsp3) is 0.825. The molecule has 3 unspecified atom stereocenters. The summed E-state index contributed by atoms with van der Waals surface area (Å²) in [7, 11) is 0. The van der Waals surface area contributed by atoms with Crippen LogP contribution >= 0.6 is 0 Å². The minimum atomic E-state index is -0.795. The normalized spacial score (nSPS) is 13.5. The van der Waals surface area contributed by atoms with E-state index in [1.807, 2.05) is 0 Å². The second-order valence-corrected chi connectivity index (χ2v) is 18.6. The smallest absolute Gasteiger partial charge is 0.306 e. The predicted octanol–water partition coefficient (Wildman–Crippen LogP) is 16.6. The van der Waals surface area contributed by atoms with E-state index in [2.05, 4.69) is 74.7 Å². The first-order valence-electron chi connectivity index (χ1n) is 27.4. The van der Waals surface area contributed by atoms with E-state index >= 15 is 0 Å². The molecule has 0 saturated carbocycles. The number of hydrogen-bond acceptors (Lipinski definition) is 5. The number of nitrogens with one attached hydrogen (secondary N) is 1. The highest BCUT2D eigenvalue weighted by Crippen LogP contribution is 2.18. The fourth-order valence-electron chi connectivity index (χ4n) is 8.25. The van der Waals surface area contributed by atoms with E-state index in [-0.39, 0.29) is 24.9 Å². The fourth-order valence-corrected chi connectivity index (χ4v) is 8.25. The molecule has 0 bridgehead atoms. The highest BCUT2D eigenvalue weighted by molar-refractivity contribution is 5.77. The van der Waals surface area contributed by atoms with E-state index in [9.17, 15) is 19.8 Å². The van der Waals surface area contributed by atoms with Crippen molar-refractivity contribution in [2.45, 2.75) is 296 Å². The molecule has 0 saturated heterocycles. The van der Waals surface area contributed by atoms with Crippen LogP contribution in [0.25, 0.3) is 0 Å². The van der Waals surface area contributed by atoms with Gasteiger partial charge in [0.15, 0.2) is 0 Å². The van der Waals surface area contributed by atoms with Crippen LogP contribution in [0.3, 0.4) is 0 Å². The number of ether oxygens (including phenoxy) is 1. The Morgan fingerprint density at radius 2 is 0.810 bits per heavy atom. The average Bonchev–Trinajstić information content (AvgIpc) is 3.28. The zero-order valence-corrected chi connectivity index (χ0v) is 42.0. The molecule has 0 aliphatic rings. The van der Waals surface area contributed by atoms with Gasteiger partial charge in [-0.15, -0.1) is 0 Å². The third-order valence-corrected chi connectivity index (χ3v) is 12.4. The zero-order valence-electron chi connectivity index (χ0n) is 42.0. The number of carbonyl (C=O) groups excluding carboxylic acids is 2. The molecule has 3 N–H and O–H groups in total. The Labute approximate surface area is 391 Å². The molecule has 0 aromatic rings. The molecular weight excluding hydrogens is 779 g/mol. The summed E-state index contributed by atoms with van der Waals surface area (Å²) in [6.45, 7) is 6.45. The quantitative estimate of drug-likeness (QED) is 0.0321. The van der Waals surface area contributed by atoms with Gasteiger partial charge < -0.3 is 20.3 Å². The number of aliphatic hydroxyl groups excluding tert-OH is 2. The summed E-state index contributed by atoms with van der Waals surface area (Å²) in [5.74, 6) is -0.533. The summed E-state index contributed by atoms with van der Waals surface area (Å²) in [5, 5.41) is 23.8. The summed E-state index contributed by atoms with van der Waals surface area (Å²) >= 11 is 0. The molecule has 3 atom stereocenters. The summed E-state index contributed by atoms with van der Waals surface area (Å²) < 4.78 is 5.90. The van der Waals surface area contributed by atoms with E-state index in [4.69, 9.17) is 4.74 Å². The number of aliphatic hydroxyl groups is 2. The van der Waals surface area contributed by atoms with Gasteiger partial charge in [-0.1, -0.05) is 249 Å². The van der Waals surface area contributed by atoms with Gasteiger partial charge in [0.05, 0.1) is 25.2 Å². The molecule has 0 aliphatic heterocycles. The van der Waals surface area contributed by atoms with Crippen LogP contribution in [0.2, 0.25) is 0 Å². The summed E-state index contributed by atoms with van der Waals surface area (Å²) in [5.41, 5.74) is 0. The molecule has 0 heterocycles. The average molecular weight is 884 g/mol. The Balaban J connectivity index is 4.51. The second-order valence-electron chi connectivity index (χ2n) is 18.6. The number of carbonyl (C=O) groups is 2.